The Labute approximate surface area is 321 Å². The van der Waals surface area contributed by atoms with E-state index in [1.54, 1.807) is 0 Å². The van der Waals surface area contributed by atoms with Crippen LogP contribution in [0.3, 0.4) is 0 Å². The van der Waals surface area contributed by atoms with Crippen molar-refractivity contribution in [1.29, 1.82) is 0 Å². The van der Waals surface area contributed by atoms with Crippen LogP contribution in [-0.2, 0) is 33.2 Å². The predicted molar refractivity (Wildman–Crippen MR) is 210 cm³/mol. The molecule has 0 aliphatic carbocycles. The van der Waals surface area contributed by atoms with Crippen LogP contribution >= 0.6 is 0 Å². The summed E-state index contributed by atoms with van der Waals surface area (Å²) in [6.07, 6.45) is 2.15. The van der Waals surface area contributed by atoms with Gasteiger partial charge in [-0.05, 0) is 68.7 Å². The van der Waals surface area contributed by atoms with Gasteiger partial charge in [-0.1, -0.05) is 106 Å². The van der Waals surface area contributed by atoms with Crippen LogP contribution < -0.4 is 0 Å². The van der Waals surface area contributed by atoms with Gasteiger partial charge in [-0.25, -0.2) is 5.56 Å². The molecule has 0 unspecified atom stereocenters. The third-order valence-corrected chi connectivity index (χ3v) is 9.56. The molecule has 1 aromatic heterocycles. The molecule has 0 aliphatic rings. The van der Waals surface area contributed by atoms with Gasteiger partial charge >= 0.3 is 0 Å². The maximum absolute atomic E-state index is 12.2. The Morgan fingerprint density at radius 2 is 1.27 bits per heavy atom. The fourth-order valence-electron chi connectivity index (χ4n) is 6.65. The standard InChI is InChI=1S/C47H50N2O.Au/c1-30(2)38-25-36(33-20-15-12-16-21-33)26-39(31(3)4)43(38)49-29-42(35-23-17-22-34(24-35)32-18-13-11-14-19-32)48-45(49)40-27-37(46(5,6)7)28-41(44(40)50)47(8,9)10;/h11-18,20-23,25-31,50H,1-10H3;/q-2;. The average Bonchev–Trinajstić information content (AvgIpc) is 3.52. The number of benzene rings is 5. The Morgan fingerprint density at radius 3 is 1.84 bits per heavy atom. The van der Waals surface area contributed by atoms with E-state index >= 15 is 0 Å². The molecule has 0 bridgehead atoms. The molecule has 6 aromatic rings. The van der Waals surface area contributed by atoms with Crippen molar-refractivity contribution in [2.24, 2.45) is 0 Å². The zero-order valence-corrected chi connectivity index (χ0v) is 33.8. The summed E-state index contributed by atoms with van der Waals surface area (Å²) in [5, 5.41) is 12.2. The minimum Gasteiger partial charge on any atom is -0.507 e. The summed E-state index contributed by atoms with van der Waals surface area (Å²) in [4.78, 5) is 5.41. The molecule has 4 heteroatoms. The Balaban J connectivity index is 0.00000504. The van der Waals surface area contributed by atoms with Crippen molar-refractivity contribution in [2.45, 2.75) is 91.9 Å². The quantitative estimate of drug-likeness (QED) is 0.128. The molecule has 0 amide bonds. The predicted octanol–water partition coefficient (Wildman–Crippen LogP) is 12.7. The third kappa shape index (κ3) is 7.87. The Bertz CT molecular complexity index is 2100. The Morgan fingerprint density at radius 1 is 0.667 bits per heavy atom. The number of hydrogen-bond donors (Lipinski definition) is 1. The molecule has 3 nitrogen and oxygen atoms in total. The van der Waals surface area contributed by atoms with Crippen molar-refractivity contribution >= 4 is 0 Å². The zero-order chi connectivity index (χ0) is 36.0. The normalized spacial score (nSPS) is 12.0. The van der Waals surface area contributed by atoms with Crippen molar-refractivity contribution in [3.05, 3.63) is 138 Å². The van der Waals surface area contributed by atoms with Crippen molar-refractivity contribution in [3.63, 3.8) is 0 Å². The minimum absolute atomic E-state index is 0. The summed E-state index contributed by atoms with van der Waals surface area (Å²) >= 11 is 0. The minimum atomic E-state index is -0.280. The zero-order valence-electron chi connectivity index (χ0n) is 31.6. The molecule has 0 aliphatic heterocycles. The smallest absolute Gasteiger partial charge is 0.140 e. The molecule has 0 saturated heterocycles. The second-order valence-corrected chi connectivity index (χ2v) is 16.2. The van der Waals surface area contributed by atoms with Crippen LogP contribution in [0.25, 0.3) is 50.6 Å². The number of hydrogen-bond acceptors (Lipinski definition) is 2. The molecule has 0 fully saturated rings. The first-order chi connectivity index (χ1) is 23.6. The van der Waals surface area contributed by atoms with Gasteiger partial charge in [0.2, 0.25) is 0 Å². The number of nitrogens with zero attached hydrogens (tertiary/aromatic N) is 2. The maximum atomic E-state index is 12.2. The van der Waals surface area contributed by atoms with Crippen molar-refractivity contribution in [1.82, 2.24) is 9.55 Å². The van der Waals surface area contributed by atoms with Gasteiger partial charge in [-0.15, -0.1) is 23.8 Å². The third-order valence-electron chi connectivity index (χ3n) is 9.56. The van der Waals surface area contributed by atoms with E-state index < -0.39 is 0 Å². The molecule has 5 aromatic carbocycles. The number of phenolic OH excluding ortho intramolecular Hbond substituents is 1. The van der Waals surface area contributed by atoms with E-state index in [0.29, 0.717) is 0 Å². The van der Waals surface area contributed by atoms with Crippen LogP contribution in [0.2, 0.25) is 0 Å². The maximum Gasteiger partial charge on any atom is 0.140 e. The van der Waals surface area contributed by atoms with Gasteiger partial charge in [0.05, 0.1) is 11.3 Å². The summed E-state index contributed by atoms with van der Waals surface area (Å²) in [5.74, 6) is 1.45. The molecule has 0 atom stereocenters. The van der Waals surface area contributed by atoms with Crippen LogP contribution in [-0.4, -0.2) is 14.7 Å². The van der Waals surface area contributed by atoms with Crippen molar-refractivity contribution in [2.75, 3.05) is 0 Å². The summed E-state index contributed by atoms with van der Waals surface area (Å²) in [6, 6.07) is 40.8. The first-order valence-electron chi connectivity index (χ1n) is 17.8. The number of aromatic nitrogens is 2. The SMILES string of the molecule is CC(C)c1cc(-c2ccccc2)cc(C(C)C)c1-n1cc(-c2[c-]c(-c3[c-]cccc3)ccc2)nc1-c1cc(C(C)(C)C)cc(C(C)(C)C)c1O.[Au]. The van der Waals surface area contributed by atoms with E-state index in [4.69, 9.17) is 4.98 Å². The molecule has 267 valence electrons. The van der Waals surface area contributed by atoms with Crippen LogP contribution in [0.15, 0.2) is 103 Å². The fourth-order valence-corrected chi connectivity index (χ4v) is 6.65. The second-order valence-electron chi connectivity index (χ2n) is 16.2. The van der Waals surface area contributed by atoms with Crippen LogP contribution in [0.1, 0.15) is 103 Å². The topological polar surface area (TPSA) is 38.0 Å². The number of aromatic hydroxyl groups is 1. The average molecular weight is 856 g/mol. The molecule has 6 rings (SSSR count). The Hall–Kier alpha value is -4.15. The van der Waals surface area contributed by atoms with Crippen molar-refractivity contribution < 1.29 is 27.5 Å². The summed E-state index contributed by atoms with van der Waals surface area (Å²) < 4.78 is 2.25. The van der Waals surface area contributed by atoms with Gasteiger partial charge in [0.1, 0.15) is 11.6 Å². The van der Waals surface area contributed by atoms with Gasteiger partial charge < -0.3 is 9.67 Å². The second kappa shape index (κ2) is 14.8. The van der Waals surface area contributed by atoms with Gasteiger partial charge in [0.15, 0.2) is 0 Å². The van der Waals surface area contributed by atoms with Gasteiger partial charge in [0, 0.05) is 39.8 Å². The molecule has 1 radical (unpaired) electrons. The monoisotopic (exact) mass is 855 g/mol. The van der Waals surface area contributed by atoms with E-state index in [2.05, 4.69) is 171 Å². The van der Waals surface area contributed by atoms with E-state index in [0.717, 1.165) is 50.6 Å². The molecule has 0 saturated carbocycles. The van der Waals surface area contributed by atoms with Crippen LogP contribution in [0, 0.1) is 12.1 Å². The fraction of sp³-hybridized carbons (Fsp3) is 0.298. The molecule has 1 N–H and O–H groups in total. The van der Waals surface area contributed by atoms with E-state index in [1.165, 1.54) is 22.3 Å². The van der Waals surface area contributed by atoms with Gasteiger partial charge in [-0.2, -0.15) is 42.0 Å². The number of phenols is 1. The van der Waals surface area contributed by atoms with E-state index in [-0.39, 0.29) is 50.8 Å². The first-order valence-corrected chi connectivity index (χ1v) is 17.8. The van der Waals surface area contributed by atoms with Crippen LogP contribution in [0.4, 0.5) is 0 Å². The van der Waals surface area contributed by atoms with Gasteiger partial charge in [0.25, 0.3) is 0 Å². The van der Waals surface area contributed by atoms with Crippen molar-refractivity contribution in [3.8, 4) is 56.3 Å². The van der Waals surface area contributed by atoms with E-state index in [9.17, 15) is 5.11 Å². The molecule has 51 heavy (non-hydrogen) atoms. The molecular weight excluding hydrogens is 805 g/mol. The Kier molecular flexibility index (Phi) is 11.1. The van der Waals surface area contributed by atoms with Crippen LogP contribution in [0.5, 0.6) is 5.75 Å². The molecule has 1 heterocycles. The first kappa shape index (κ1) is 38.1. The summed E-state index contributed by atoms with van der Waals surface area (Å²) in [5.41, 5.74) is 12.0. The molecular formula is C47H50AuN2O-2. The number of rotatable bonds is 7. The van der Waals surface area contributed by atoms with Gasteiger partial charge in [-0.3, -0.25) is 4.98 Å². The number of imidazole rings is 1. The summed E-state index contributed by atoms with van der Waals surface area (Å²) in [7, 11) is 0. The molecule has 0 spiro atoms. The summed E-state index contributed by atoms with van der Waals surface area (Å²) in [6.45, 7) is 22.2. The largest absolute Gasteiger partial charge is 0.507 e. The van der Waals surface area contributed by atoms with E-state index in [1.807, 2.05) is 18.2 Å².